The van der Waals surface area contributed by atoms with E-state index in [1.54, 1.807) is 0 Å². The Morgan fingerprint density at radius 3 is 2.35 bits per heavy atom. The Labute approximate surface area is 172 Å². The van der Waals surface area contributed by atoms with Crippen molar-refractivity contribution in [2.24, 2.45) is 0 Å². The van der Waals surface area contributed by atoms with Gasteiger partial charge in [0.15, 0.2) is 5.82 Å². The minimum absolute atomic E-state index is 0.272. The number of nitrogens with zero attached hydrogens (tertiary/aromatic N) is 2. The largest absolute Gasteiger partial charge is 0.477 e. The SMILES string of the molecule is Nc1cc(-n2cc(C(=O)O)c(=O)c3cc(F)c(N4CCNCC4)c(F)c32)c(F)cc1F. The predicted octanol–water partition coefficient (Wildman–Crippen LogP) is 2.24. The van der Waals surface area contributed by atoms with Crippen molar-refractivity contribution in [2.75, 3.05) is 36.8 Å². The molecule has 7 nitrogen and oxygen atoms in total. The number of hydrogen-bond donors (Lipinski definition) is 3. The van der Waals surface area contributed by atoms with E-state index in [-0.39, 0.29) is 13.1 Å². The summed E-state index contributed by atoms with van der Waals surface area (Å²) in [6.07, 6.45) is 0.714. The molecule has 11 heteroatoms. The number of benzene rings is 2. The Kier molecular flexibility index (Phi) is 5.05. The van der Waals surface area contributed by atoms with E-state index in [0.717, 1.165) is 16.7 Å². The second-order valence-corrected chi connectivity index (χ2v) is 7.03. The quantitative estimate of drug-likeness (QED) is 0.430. The van der Waals surface area contributed by atoms with Gasteiger partial charge in [-0.1, -0.05) is 0 Å². The fourth-order valence-corrected chi connectivity index (χ4v) is 3.66. The fourth-order valence-electron chi connectivity index (χ4n) is 3.66. The van der Waals surface area contributed by atoms with Gasteiger partial charge in [-0.25, -0.2) is 22.4 Å². The number of pyridine rings is 1. The molecule has 1 aliphatic rings. The van der Waals surface area contributed by atoms with Crippen molar-refractivity contribution >= 4 is 28.2 Å². The lowest BCUT2D eigenvalue weighted by molar-refractivity contribution is 0.0695. The molecule has 162 valence electrons. The van der Waals surface area contributed by atoms with Crippen molar-refractivity contribution in [1.82, 2.24) is 9.88 Å². The molecule has 0 bridgehead atoms. The summed E-state index contributed by atoms with van der Waals surface area (Å²) in [5.41, 5.74) is 1.57. The van der Waals surface area contributed by atoms with Gasteiger partial charge in [0.1, 0.15) is 28.7 Å². The number of carboxylic acids is 1. The zero-order chi connectivity index (χ0) is 22.4. The molecule has 0 saturated carbocycles. The molecule has 4 N–H and O–H groups in total. The number of halogens is 4. The summed E-state index contributed by atoms with van der Waals surface area (Å²) in [6.45, 7) is 1.47. The molecule has 0 atom stereocenters. The predicted molar refractivity (Wildman–Crippen MR) is 106 cm³/mol. The lowest BCUT2D eigenvalue weighted by atomic mass is 10.1. The maximum absolute atomic E-state index is 15.6. The Morgan fingerprint density at radius 1 is 1.03 bits per heavy atom. The minimum Gasteiger partial charge on any atom is -0.477 e. The number of piperazine rings is 1. The van der Waals surface area contributed by atoms with Crippen molar-refractivity contribution in [1.29, 1.82) is 0 Å². The van der Waals surface area contributed by atoms with Crippen LogP contribution in [-0.2, 0) is 0 Å². The van der Waals surface area contributed by atoms with Crippen LogP contribution in [0.3, 0.4) is 0 Å². The van der Waals surface area contributed by atoms with Gasteiger partial charge in [0.05, 0.1) is 22.3 Å². The minimum atomic E-state index is -1.68. The van der Waals surface area contributed by atoms with Crippen molar-refractivity contribution in [3.05, 3.63) is 63.5 Å². The molecule has 0 spiro atoms. The zero-order valence-electron chi connectivity index (χ0n) is 15.9. The highest BCUT2D eigenvalue weighted by atomic mass is 19.1. The van der Waals surface area contributed by atoms with Crippen LogP contribution in [0.2, 0.25) is 0 Å². The molecule has 1 saturated heterocycles. The summed E-state index contributed by atoms with van der Waals surface area (Å²) in [4.78, 5) is 25.6. The molecule has 31 heavy (non-hydrogen) atoms. The average Bonchev–Trinajstić information content (AvgIpc) is 2.72. The third-order valence-electron chi connectivity index (χ3n) is 5.15. The normalized spacial score (nSPS) is 14.3. The molecule has 1 aliphatic heterocycles. The number of rotatable bonds is 3. The summed E-state index contributed by atoms with van der Waals surface area (Å²) in [5, 5.41) is 11.8. The van der Waals surface area contributed by atoms with Gasteiger partial charge in [0, 0.05) is 38.4 Å². The second-order valence-electron chi connectivity index (χ2n) is 7.03. The van der Waals surface area contributed by atoms with Crippen LogP contribution in [-0.4, -0.2) is 41.8 Å². The number of fused-ring (bicyclic) bond motifs is 1. The summed E-state index contributed by atoms with van der Waals surface area (Å²) in [5.74, 6) is -6.16. The van der Waals surface area contributed by atoms with Gasteiger partial charge < -0.3 is 25.6 Å². The molecule has 0 unspecified atom stereocenters. The van der Waals surface area contributed by atoms with Gasteiger partial charge in [-0.15, -0.1) is 0 Å². The topological polar surface area (TPSA) is 101 Å². The Bertz CT molecular complexity index is 1290. The van der Waals surface area contributed by atoms with Crippen LogP contribution in [0.1, 0.15) is 10.4 Å². The van der Waals surface area contributed by atoms with Crippen LogP contribution in [0.4, 0.5) is 28.9 Å². The van der Waals surface area contributed by atoms with E-state index < -0.39 is 68.2 Å². The Hall–Kier alpha value is -3.60. The van der Waals surface area contributed by atoms with E-state index in [4.69, 9.17) is 5.73 Å². The molecule has 2 heterocycles. The monoisotopic (exact) mass is 436 g/mol. The number of aromatic carboxylic acids is 1. The van der Waals surface area contributed by atoms with Crippen molar-refractivity contribution in [2.45, 2.75) is 0 Å². The van der Waals surface area contributed by atoms with Crippen molar-refractivity contribution in [3.63, 3.8) is 0 Å². The van der Waals surface area contributed by atoms with Gasteiger partial charge in [0.2, 0.25) is 5.43 Å². The van der Waals surface area contributed by atoms with Crippen molar-refractivity contribution in [3.8, 4) is 5.69 Å². The van der Waals surface area contributed by atoms with Crippen LogP contribution < -0.4 is 21.4 Å². The molecule has 1 aromatic heterocycles. The number of carbonyl (C=O) groups is 1. The number of aromatic nitrogens is 1. The molecule has 1 fully saturated rings. The molecule has 0 radical (unpaired) electrons. The summed E-state index contributed by atoms with van der Waals surface area (Å²) in [6, 6.07) is 2.02. The molecular formula is C20H16F4N4O3. The molecular weight excluding hydrogens is 420 g/mol. The van der Waals surface area contributed by atoms with Crippen LogP contribution in [0.5, 0.6) is 0 Å². The molecule has 0 aliphatic carbocycles. The summed E-state index contributed by atoms with van der Waals surface area (Å²) >= 11 is 0. The van der Waals surface area contributed by atoms with E-state index in [9.17, 15) is 27.9 Å². The van der Waals surface area contributed by atoms with E-state index in [2.05, 4.69) is 5.32 Å². The summed E-state index contributed by atoms with van der Waals surface area (Å²) in [7, 11) is 0. The number of nitrogen functional groups attached to an aromatic ring is 1. The van der Waals surface area contributed by atoms with Gasteiger partial charge in [-0.2, -0.15) is 0 Å². The van der Waals surface area contributed by atoms with Crippen LogP contribution in [0.15, 0.2) is 29.2 Å². The van der Waals surface area contributed by atoms with Crippen LogP contribution >= 0.6 is 0 Å². The molecule has 4 rings (SSSR count). The average molecular weight is 436 g/mol. The highest BCUT2D eigenvalue weighted by Gasteiger charge is 2.27. The van der Waals surface area contributed by atoms with E-state index >= 15 is 4.39 Å². The van der Waals surface area contributed by atoms with Crippen molar-refractivity contribution < 1.29 is 27.5 Å². The van der Waals surface area contributed by atoms with Gasteiger partial charge in [-0.05, 0) is 12.1 Å². The number of nitrogens with one attached hydrogen (secondary N) is 1. The van der Waals surface area contributed by atoms with Crippen LogP contribution in [0, 0.1) is 23.3 Å². The first kappa shape index (κ1) is 20.7. The Balaban J connectivity index is 2.13. The molecule has 0 amide bonds. The highest BCUT2D eigenvalue weighted by molar-refractivity contribution is 5.94. The summed E-state index contributed by atoms with van der Waals surface area (Å²) < 4.78 is 59.5. The number of anilines is 2. The maximum atomic E-state index is 15.6. The number of hydrogen-bond acceptors (Lipinski definition) is 5. The lowest BCUT2D eigenvalue weighted by Gasteiger charge is -2.30. The third-order valence-corrected chi connectivity index (χ3v) is 5.15. The fraction of sp³-hybridized carbons (Fsp3) is 0.200. The smallest absolute Gasteiger partial charge is 0.341 e. The standard InChI is InChI=1S/C20H16F4N4O3/c21-11-6-12(22)15(7-14(11)25)28-8-10(20(30)31)19(29)9-5-13(23)18(16(24)17(9)28)27-3-1-26-2-4-27/h5-8,26H,1-4,25H2,(H,30,31). The van der Waals surface area contributed by atoms with E-state index in [1.165, 1.54) is 4.90 Å². The number of nitrogens with two attached hydrogens (primary N) is 1. The Morgan fingerprint density at radius 2 is 1.71 bits per heavy atom. The lowest BCUT2D eigenvalue weighted by Crippen LogP contribution is -2.44. The first-order chi connectivity index (χ1) is 14.7. The first-order valence-electron chi connectivity index (χ1n) is 9.22. The van der Waals surface area contributed by atoms with E-state index in [1.807, 2.05) is 0 Å². The van der Waals surface area contributed by atoms with Gasteiger partial charge in [-0.3, -0.25) is 4.79 Å². The van der Waals surface area contributed by atoms with Crippen LogP contribution in [0.25, 0.3) is 16.6 Å². The molecule has 3 aromatic rings. The highest BCUT2D eigenvalue weighted by Crippen LogP contribution is 2.32. The number of carboxylic acid groups (broad SMARTS) is 1. The third kappa shape index (κ3) is 3.36. The van der Waals surface area contributed by atoms with Gasteiger partial charge >= 0.3 is 5.97 Å². The maximum Gasteiger partial charge on any atom is 0.341 e. The molecule has 2 aromatic carbocycles. The first-order valence-corrected chi connectivity index (χ1v) is 9.22. The second kappa shape index (κ2) is 7.58. The zero-order valence-corrected chi connectivity index (χ0v) is 15.9. The van der Waals surface area contributed by atoms with E-state index in [0.29, 0.717) is 25.4 Å². The van der Waals surface area contributed by atoms with Gasteiger partial charge in [0.25, 0.3) is 0 Å².